The number of halogens is 1. The highest BCUT2D eigenvalue weighted by molar-refractivity contribution is 14.0. The molecule has 0 aliphatic rings. The second-order valence-electron chi connectivity index (χ2n) is 5.86. The van der Waals surface area contributed by atoms with E-state index in [4.69, 9.17) is 10.5 Å². The number of guanidine groups is 1. The molecule has 1 amide bonds. The summed E-state index contributed by atoms with van der Waals surface area (Å²) in [6, 6.07) is 14.8. The number of anilines is 1. The summed E-state index contributed by atoms with van der Waals surface area (Å²) in [5.74, 6) is 1.02. The zero-order valence-electron chi connectivity index (χ0n) is 15.7. The lowest BCUT2D eigenvalue weighted by atomic mass is 10.1. The van der Waals surface area contributed by atoms with Crippen molar-refractivity contribution in [3.05, 3.63) is 59.7 Å². The molecule has 0 saturated heterocycles. The monoisotopic (exact) mass is 482 g/mol. The molecular weight excluding hydrogens is 455 g/mol. The second kappa shape index (κ2) is 12.2. The van der Waals surface area contributed by atoms with Gasteiger partial charge in [-0.25, -0.2) is 4.99 Å². The fraction of sp³-hybridized carbons (Fsp3) is 0.300. The van der Waals surface area contributed by atoms with Crippen LogP contribution in [-0.4, -0.2) is 25.5 Å². The topological polar surface area (TPSA) is 88.7 Å². The lowest BCUT2D eigenvalue weighted by molar-refractivity contribution is 0.0953. The highest BCUT2D eigenvalue weighted by Crippen LogP contribution is 2.16. The van der Waals surface area contributed by atoms with Gasteiger partial charge >= 0.3 is 0 Å². The first-order valence-corrected chi connectivity index (χ1v) is 8.70. The van der Waals surface area contributed by atoms with Crippen LogP contribution in [0.5, 0.6) is 5.75 Å². The molecule has 0 aromatic heterocycles. The normalized spacial score (nSPS) is 10.7. The van der Waals surface area contributed by atoms with Gasteiger partial charge in [0.05, 0.1) is 13.7 Å². The summed E-state index contributed by atoms with van der Waals surface area (Å²) in [7, 11) is 1.62. The molecule has 0 saturated carbocycles. The maximum absolute atomic E-state index is 12.0. The zero-order valence-corrected chi connectivity index (χ0v) is 18.0. The van der Waals surface area contributed by atoms with Crippen LogP contribution in [0.25, 0.3) is 0 Å². The van der Waals surface area contributed by atoms with Crippen molar-refractivity contribution in [1.29, 1.82) is 0 Å². The number of carbonyl (C=O) groups excluding carboxylic acids is 1. The number of amides is 1. The first-order chi connectivity index (χ1) is 12.6. The maximum atomic E-state index is 12.0. The van der Waals surface area contributed by atoms with Crippen LogP contribution in [0.3, 0.4) is 0 Å². The molecule has 0 aliphatic carbocycles. The molecule has 0 heterocycles. The molecule has 0 atom stereocenters. The van der Waals surface area contributed by atoms with Gasteiger partial charge in [-0.2, -0.15) is 0 Å². The van der Waals surface area contributed by atoms with Crippen molar-refractivity contribution in [2.24, 2.45) is 10.7 Å². The average molecular weight is 482 g/mol. The first-order valence-electron chi connectivity index (χ1n) is 8.70. The minimum atomic E-state index is -0.0484. The van der Waals surface area contributed by atoms with Gasteiger partial charge in [-0.15, -0.1) is 24.0 Å². The summed E-state index contributed by atoms with van der Waals surface area (Å²) in [5.41, 5.74) is 8.36. The molecule has 7 heteroatoms. The first kappa shape index (κ1) is 22.8. The van der Waals surface area contributed by atoms with Crippen molar-refractivity contribution < 1.29 is 9.53 Å². The average Bonchev–Trinajstić information content (AvgIpc) is 2.67. The zero-order chi connectivity index (χ0) is 18.8. The standard InChI is InChI=1S/C20H26N4O2.HI/c1-3-4-12-22-19(25)16-10-8-15(9-11-16)14-23-20(21)24-17-6-5-7-18(13-17)26-2;/h5-11,13H,3-4,12,14H2,1-2H3,(H,22,25)(H3,21,23,24);1H. The van der Waals surface area contributed by atoms with E-state index in [0.29, 0.717) is 24.6 Å². The van der Waals surface area contributed by atoms with Gasteiger partial charge in [0.15, 0.2) is 5.96 Å². The van der Waals surface area contributed by atoms with Crippen LogP contribution in [-0.2, 0) is 6.54 Å². The summed E-state index contributed by atoms with van der Waals surface area (Å²) in [6.45, 7) is 3.23. The Labute approximate surface area is 177 Å². The lowest BCUT2D eigenvalue weighted by Gasteiger charge is -2.08. The van der Waals surface area contributed by atoms with Gasteiger partial charge in [-0.3, -0.25) is 4.79 Å². The molecule has 0 aliphatic heterocycles. The fourth-order valence-corrected chi connectivity index (χ4v) is 2.31. The van der Waals surface area contributed by atoms with E-state index < -0.39 is 0 Å². The predicted octanol–water partition coefficient (Wildman–Crippen LogP) is 3.77. The summed E-state index contributed by atoms with van der Waals surface area (Å²) < 4.78 is 5.17. The molecular formula is C20H27IN4O2. The van der Waals surface area contributed by atoms with Gasteiger partial charge in [0, 0.05) is 23.9 Å². The lowest BCUT2D eigenvalue weighted by Crippen LogP contribution is -2.24. The largest absolute Gasteiger partial charge is 0.497 e. The van der Waals surface area contributed by atoms with Crippen molar-refractivity contribution in [2.45, 2.75) is 26.3 Å². The molecule has 0 fully saturated rings. The highest BCUT2D eigenvalue weighted by atomic mass is 127. The summed E-state index contributed by atoms with van der Waals surface area (Å²) in [6.07, 6.45) is 2.04. The summed E-state index contributed by atoms with van der Waals surface area (Å²) >= 11 is 0. The third kappa shape index (κ3) is 7.86. The molecule has 2 aromatic rings. The van der Waals surface area contributed by atoms with Gasteiger partial charge in [-0.1, -0.05) is 31.5 Å². The molecule has 146 valence electrons. The molecule has 2 rings (SSSR count). The van der Waals surface area contributed by atoms with E-state index in [1.807, 2.05) is 36.4 Å². The number of ether oxygens (including phenoxy) is 1. The minimum Gasteiger partial charge on any atom is -0.497 e. The smallest absolute Gasteiger partial charge is 0.251 e. The molecule has 4 N–H and O–H groups in total. The van der Waals surface area contributed by atoms with E-state index >= 15 is 0 Å². The van der Waals surface area contributed by atoms with Gasteiger partial charge in [-0.05, 0) is 36.2 Å². The Balaban J connectivity index is 0.00000364. The number of methoxy groups -OCH3 is 1. The molecule has 27 heavy (non-hydrogen) atoms. The van der Waals surface area contributed by atoms with E-state index in [1.165, 1.54) is 0 Å². The number of unbranched alkanes of at least 4 members (excludes halogenated alkanes) is 1. The van der Waals surface area contributed by atoms with E-state index in [9.17, 15) is 4.79 Å². The van der Waals surface area contributed by atoms with Gasteiger partial charge < -0.3 is 21.1 Å². The van der Waals surface area contributed by atoms with Crippen LogP contribution >= 0.6 is 24.0 Å². The van der Waals surface area contributed by atoms with E-state index in [1.54, 1.807) is 19.2 Å². The number of carbonyl (C=O) groups is 1. The van der Waals surface area contributed by atoms with Crippen molar-refractivity contribution in [3.8, 4) is 5.75 Å². The van der Waals surface area contributed by atoms with Crippen molar-refractivity contribution in [3.63, 3.8) is 0 Å². The van der Waals surface area contributed by atoms with Crippen LogP contribution in [0.15, 0.2) is 53.5 Å². The summed E-state index contributed by atoms with van der Waals surface area (Å²) in [5, 5.41) is 5.93. The second-order valence-corrected chi connectivity index (χ2v) is 5.86. The van der Waals surface area contributed by atoms with Gasteiger partial charge in [0.2, 0.25) is 0 Å². The molecule has 6 nitrogen and oxygen atoms in total. The SMILES string of the molecule is CCCCNC(=O)c1ccc(CN=C(N)Nc2cccc(OC)c2)cc1.I. The molecule has 0 spiro atoms. The van der Waals surface area contributed by atoms with Crippen LogP contribution in [0.4, 0.5) is 5.69 Å². The number of nitrogens with one attached hydrogen (secondary N) is 2. The summed E-state index contributed by atoms with van der Waals surface area (Å²) in [4.78, 5) is 16.3. The number of rotatable bonds is 8. The number of nitrogens with zero attached hydrogens (tertiary/aromatic N) is 1. The van der Waals surface area contributed by atoms with Crippen molar-refractivity contribution in [1.82, 2.24) is 5.32 Å². The van der Waals surface area contributed by atoms with Crippen molar-refractivity contribution in [2.75, 3.05) is 19.0 Å². The minimum absolute atomic E-state index is 0. The molecule has 0 unspecified atom stereocenters. The number of aliphatic imine (C=N–C) groups is 1. The third-order valence-electron chi connectivity index (χ3n) is 3.81. The van der Waals surface area contributed by atoms with Gasteiger partial charge in [0.25, 0.3) is 5.91 Å². The molecule has 0 radical (unpaired) electrons. The predicted molar refractivity (Wildman–Crippen MR) is 121 cm³/mol. The Hall–Kier alpha value is -2.29. The fourth-order valence-electron chi connectivity index (χ4n) is 2.31. The highest BCUT2D eigenvalue weighted by Gasteiger charge is 2.04. The van der Waals surface area contributed by atoms with E-state index in [0.717, 1.165) is 29.8 Å². The Bertz CT molecular complexity index is 748. The van der Waals surface area contributed by atoms with Crippen LogP contribution in [0.2, 0.25) is 0 Å². The van der Waals surface area contributed by atoms with Crippen LogP contribution < -0.4 is 21.1 Å². The van der Waals surface area contributed by atoms with Crippen LogP contribution in [0.1, 0.15) is 35.7 Å². The molecule has 0 bridgehead atoms. The number of benzene rings is 2. The maximum Gasteiger partial charge on any atom is 0.251 e. The van der Waals surface area contributed by atoms with E-state index in [2.05, 4.69) is 22.5 Å². The Morgan fingerprint density at radius 1 is 1.19 bits per heavy atom. The number of hydrogen-bond donors (Lipinski definition) is 3. The molecule has 2 aromatic carbocycles. The van der Waals surface area contributed by atoms with Gasteiger partial charge in [0.1, 0.15) is 5.75 Å². The van der Waals surface area contributed by atoms with E-state index in [-0.39, 0.29) is 29.9 Å². The van der Waals surface area contributed by atoms with Crippen molar-refractivity contribution >= 4 is 41.5 Å². The number of hydrogen-bond acceptors (Lipinski definition) is 3. The quantitative estimate of drug-likeness (QED) is 0.231. The Kier molecular flexibility index (Phi) is 10.2. The Morgan fingerprint density at radius 3 is 2.59 bits per heavy atom. The van der Waals surface area contributed by atoms with Crippen LogP contribution in [0, 0.1) is 0 Å². The number of nitrogens with two attached hydrogens (primary N) is 1. The third-order valence-corrected chi connectivity index (χ3v) is 3.81. The Morgan fingerprint density at radius 2 is 1.93 bits per heavy atom.